The van der Waals surface area contributed by atoms with Gasteiger partial charge in [-0.25, -0.2) is 8.42 Å². The van der Waals surface area contributed by atoms with Gasteiger partial charge in [0.15, 0.2) is 9.84 Å². The first-order valence-corrected chi connectivity index (χ1v) is 8.24. The molecule has 0 radical (unpaired) electrons. The van der Waals surface area contributed by atoms with Crippen LogP contribution in [0, 0.1) is 28.6 Å². The van der Waals surface area contributed by atoms with Crippen LogP contribution in [0.25, 0.3) is 0 Å². The van der Waals surface area contributed by atoms with Crippen LogP contribution in [0.5, 0.6) is 0 Å². The Hall–Kier alpha value is -0.560. The molecular weight excluding hydrogens is 234 g/mol. The van der Waals surface area contributed by atoms with Gasteiger partial charge in [-0.2, -0.15) is 5.26 Å². The molecule has 96 valence electrons. The van der Waals surface area contributed by atoms with E-state index in [1.807, 2.05) is 0 Å². The van der Waals surface area contributed by atoms with Gasteiger partial charge in [0, 0.05) is 0 Å². The fraction of sp³-hybridized carbons (Fsp3) is 0.923. The predicted octanol–water partition coefficient (Wildman–Crippen LogP) is 2.53. The van der Waals surface area contributed by atoms with E-state index in [9.17, 15) is 13.7 Å². The minimum absolute atomic E-state index is 0.182. The van der Waals surface area contributed by atoms with Crippen LogP contribution < -0.4 is 0 Å². The highest BCUT2D eigenvalue weighted by molar-refractivity contribution is 7.91. The van der Waals surface area contributed by atoms with E-state index >= 15 is 0 Å². The van der Waals surface area contributed by atoms with Crippen molar-refractivity contribution < 1.29 is 8.42 Å². The molecule has 0 aromatic rings. The van der Waals surface area contributed by atoms with Gasteiger partial charge in [-0.15, -0.1) is 0 Å². The molecule has 2 rings (SSSR count). The molecule has 0 amide bonds. The Morgan fingerprint density at radius 1 is 1.41 bits per heavy atom. The predicted molar refractivity (Wildman–Crippen MR) is 67.0 cm³/mol. The highest BCUT2D eigenvalue weighted by Gasteiger charge is 2.51. The highest BCUT2D eigenvalue weighted by Crippen LogP contribution is 2.57. The van der Waals surface area contributed by atoms with Gasteiger partial charge < -0.3 is 0 Å². The van der Waals surface area contributed by atoms with Crippen LogP contribution in [0.3, 0.4) is 0 Å². The summed E-state index contributed by atoms with van der Waals surface area (Å²) in [4.78, 5) is 0. The molecule has 0 saturated heterocycles. The van der Waals surface area contributed by atoms with Gasteiger partial charge in [0.1, 0.15) is 0 Å². The van der Waals surface area contributed by atoms with Crippen LogP contribution in [0.4, 0.5) is 0 Å². The van der Waals surface area contributed by atoms with Gasteiger partial charge in [0.05, 0.1) is 22.5 Å². The maximum absolute atomic E-state index is 11.8. The summed E-state index contributed by atoms with van der Waals surface area (Å²) in [6, 6.07) is 2.46. The lowest BCUT2D eigenvalue weighted by molar-refractivity contribution is 0.233. The molecule has 2 bridgehead atoms. The summed E-state index contributed by atoms with van der Waals surface area (Å²) in [6.45, 7) is 3.43. The summed E-state index contributed by atoms with van der Waals surface area (Å²) in [5.41, 5.74) is -0.328. The molecule has 0 aromatic carbocycles. The molecule has 0 heterocycles. The monoisotopic (exact) mass is 255 g/mol. The van der Waals surface area contributed by atoms with E-state index < -0.39 is 9.84 Å². The van der Waals surface area contributed by atoms with Gasteiger partial charge >= 0.3 is 0 Å². The molecule has 0 aliphatic heterocycles. The van der Waals surface area contributed by atoms with Crippen LogP contribution in [0.1, 0.15) is 46.0 Å². The van der Waals surface area contributed by atoms with Crippen LogP contribution in [0.2, 0.25) is 0 Å². The first kappa shape index (κ1) is 12.9. The number of nitrogens with zero attached hydrogens (tertiary/aromatic N) is 1. The van der Waals surface area contributed by atoms with Crippen molar-refractivity contribution >= 4 is 9.84 Å². The second-order valence-corrected chi connectivity index (χ2v) is 8.69. The zero-order chi connectivity index (χ0) is 12.7. The van der Waals surface area contributed by atoms with Gasteiger partial charge in [0.2, 0.25) is 0 Å². The molecule has 0 spiro atoms. The minimum Gasteiger partial charge on any atom is -0.229 e. The van der Waals surface area contributed by atoms with Crippen LogP contribution in [-0.4, -0.2) is 19.4 Å². The maximum Gasteiger partial charge on any atom is 0.152 e. The smallest absolute Gasteiger partial charge is 0.152 e. The summed E-state index contributed by atoms with van der Waals surface area (Å²) in [7, 11) is -3.00. The zero-order valence-electron chi connectivity index (χ0n) is 10.6. The standard InChI is InChI=1S/C13H21NO2S/c1-10(2)17(15,16)6-5-13(9-14)8-11-3-4-12(13)7-11/h10-12H,3-8H2,1-2H3. The van der Waals surface area contributed by atoms with E-state index in [4.69, 9.17) is 0 Å². The average Bonchev–Trinajstić information content (AvgIpc) is 2.86. The second-order valence-electron chi connectivity index (χ2n) is 6.01. The molecule has 3 nitrogen and oxygen atoms in total. The second kappa shape index (κ2) is 4.28. The molecule has 0 aromatic heterocycles. The Bertz CT molecular complexity index is 435. The molecule has 3 atom stereocenters. The Morgan fingerprint density at radius 3 is 2.53 bits per heavy atom. The topological polar surface area (TPSA) is 57.9 Å². The highest BCUT2D eigenvalue weighted by atomic mass is 32.2. The van der Waals surface area contributed by atoms with Crippen LogP contribution >= 0.6 is 0 Å². The molecule has 17 heavy (non-hydrogen) atoms. The molecular formula is C13H21NO2S. The van der Waals surface area contributed by atoms with E-state index in [0.717, 1.165) is 19.3 Å². The van der Waals surface area contributed by atoms with Crippen molar-refractivity contribution in [2.45, 2.75) is 51.2 Å². The minimum atomic E-state index is -3.00. The summed E-state index contributed by atoms with van der Waals surface area (Å²) in [6.07, 6.45) is 4.99. The third-order valence-corrected chi connectivity index (χ3v) is 6.96. The van der Waals surface area contributed by atoms with E-state index in [2.05, 4.69) is 6.07 Å². The van der Waals surface area contributed by atoms with E-state index in [0.29, 0.717) is 18.3 Å². The fourth-order valence-corrected chi connectivity index (χ4v) is 4.62. The molecule has 2 aliphatic carbocycles. The fourth-order valence-electron chi connectivity index (χ4n) is 3.50. The lowest BCUT2D eigenvalue weighted by Gasteiger charge is -2.31. The SMILES string of the molecule is CC(C)S(=O)(=O)CCC1(C#N)CC2CCC1C2. The Morgan fingerprint density at radius 2 is 2.12 bits per heavy atom. The average molecular weight is 255 g/mol. The van der Waals surface area contributed by atoms with E-state index in [1.165, 1.54) is 6.42 Å². The third-order valence-electron chi connectivity index (χ3n) is 4.75. The Kier molecular flexibility index (Phi) is 3.24. The van der Waals surface area contributed by atoms with Crippen LogP contribution in [0.15, 0.2) is 0 Å². The van der Waals surface area contributed by atoms with E-state index in [1.54, 1.807) is 13.8 Å². The third kappa shape index (κ3) is 2.22. The van der Waals surface area contributed by atoms with Crippen molar-refractivity contribution in [2.75, 3.05) is 5.75 Å². The molecule has 2 saturated carbocycles. The summed E-state index contributed by atoms with van der Waals surface area (Å²) in [5, 5.41) is 9.11. The van der Waals surface area contributed by atoms with Gasteiger partial charge in [-0.3, -0.25) is 0 Å². The summed E-state index contributed by atoms with van der Waals surface area (Å²) in [5.74, 6) is 1.32. The first-order chi connectivity index (χ1) is 7.89. The van der Waals surface area contributed by atoms with Crippen molar-refractivity contribution in [1.82, 2.24) is 0 Å². The van der Waals surface area contributed by atoms with Crippen molar-refractivity contribution in [1.29, 1.82) is 5.26 Å². The van der Waals surface area contributed by atoms with Crippen molar-refractivity contribution in [2.24, 2.45) is 17.3 Å². The number of hydrogen-bond donors (Lipinski definition) is 0. The lowest BCUT2D eigenvalue weighted by atomic mass is 9.72. The first-order valence-electron chi connectivity index (χ1n) is 6.52. The Labute approximate surface area is 104 Å². The van der Waals surface area contributed by atoms with Crippen LogP contribution in [-0.2, 0) is 9.84 Å². The number of rotatable bonds is 4. The number of hydrogen-bond acceptors (Lipinski definition) is 3. The summed E-state index contributed by atoms with van der Waals surface area (Å²) < 4.78 is 23.7. The molecule has 2 fully saturated rings. The number of sulfone groups is 1. The largest absolute Gasteiger partial charge is 0.229 e. The van der Waals surface area contributed by atoms with Crippen molar-refractivity contribution in [3.05, 3.63) is 0 Å². The summed E-state index contributed by atoms with van der Waals surface area (Å²) >= 11 is 0. The molecule has 3 unspecified atom stereocenters. The van der Waals surface area contributed by atoms with Gasteiger partial charge in [-0.1, -0.05) is 6.42 Å². The van der Waals surface area contributed by atoms with Crippen molar-refractivity contribution in [3.8, 4) is 6.07 Å². The normalized spacial score (nSPS) is 36.4. The maximum atomic E-state index is 11.8. The molecule has 4 heteroatoms. The molecule has 2 aliphatic rings. The number of fused-ring (bicyclic) bond motifs is 2. The Balaban J connectivity index is 2.06. The van der Waals surface area contributed by atoms with Crippen molar-refractivity contribution in [3.63, 3.8) is 0 Å². The van der Waals surface area contributed by atoms with E-state index in [-0.39, 0.29) is 16.4 Å². The molecule has 0 N–H and O–H groups in total. The zero-order valence-corrected chi connectivity index (χ0v) is 11.5. The quantitative estimate of drug-likeness (QED) is 0.775. The van der Waals surface area contributed by atoms with Gasteiger partial charge in [0.25, 0.3) is 0 Å². The number of nitriles is 1. The lowest BCUT2D eigenvalue weighted by Crippen LogP contribution is -2.30. The van der Waals surface area contributed by atoms with Gasteiger partial charge in [-0.05, 0) is 51.4 Å².